The molecule has 4 rings (SSSR count). The molecule has 2 atom stereocenters. The molecule has 2 aliphatic rings. The minimum absolute atomic E-state index is 0.00923. The highest BCUT2D eigenvalue weighted by atomic mass is 35.5. The van der Waals surface area contributed by atoms with Gasteiger partial charge in [-0.3, -0.25) is 14.5 Å². The molecule has 2 amide bonds. The fourth-order valence-electron chi connectivity index (χ4n) is 4.57. The van der Waals surface area contributed by atoms with E-state index in [-0.39, 0.29) is 23.9 Å². The highest BCUT2D eigenvalue weighted by Crippen LogP contribution is 2.24. The molecular formula is C25H31ClN4O2. The number of hydrogen-bond acceptors (Lipinski definition) is 4. The third-order valence-electron chi connectivity index (χ3n) is 6.44. The zero-order valence-electron chi connectivity index (χ0n) is 18.3. The highest BCUT2D eigenvalue weighted by Gasteiger charge is 2.24. The predicted molar refractivity (Wildman–Crippen MR) is 128 cm³/mol. The number of rotatable bonds is 6. The van der Waals surface area contributed by atoms with E-state index in [4.69, 9.17) is 17.3 Å². The Morgan fingerprint density at radius 2 is 1.72 bits per heavy atom. The van der Waals surface area contributed by atoms with Crippen molar-refractivity contribution in [2.75, 3.05) is 18.4 Å². The van der Waals surface area contributed by atoms with Gasteiger partial charge in [-0.25, -0.2) is 0 Å². The van der Waals surface area contributed by atoms with Crippen molar-refractivity contribution in [3.05, 3.63) is 64.2 Å². The number of nitrogens with zero attached hydrogens (tertiary/aromatic N) is 1. The molecule has 170 valence electrons. The third kappa shape index (κ3) is 5.68. The largest absolute Gasteiger partial charge is 0.348 e. The Bertz CT molecular complexity index is 974. The Hall–Kier alpha value is -2.41. The van der Waals surface area contributed by atoms with E-state index in [1.807, 2.05) is 12.1 Å². The van der Waals surface area contributed by atoms with E-state index in [2.05, 4.69) is 15.5 Å². The Labute approximate surface area is 194 Å². The number of anilines is 1. The number of amides is 2. The first kappa shape index (κ1) is 22.8. The van der Waals surface area contributed by atoms with Crippen LogP contribution >= 0.6 is 11.6 Å². The van der Waals surface area contributed by atoms with Crippen molar-refractivity contribution in [3.8, 4) is 0 Å². The van der Waals surface area contributed by atoms with Gasteiger partial charge in [0, 0.05) is 40.5 Å². The second-order valence-electron chi connectivity index (χ2n) is 8.85. The summed E-state index contributed by atoms with van der Waals surface area (Å²) in [4.78, 5) is 28.2. The zero-order chi connectivity index (χ0) is 22.5. The van der Waals surface area contributed by atoms with Crippen LogP contribution < -0.4 is 16.4 Å². The summed E-state index contributed by atoms with van der Waals surface area (Å²) in [5.41, 5.74) is 8.86. The summed E-state index contributed by atoms with van der Waals surface area (Å²) in [5.74, 6) is -0.402. The topological polar surface area (TPSA) is 87.5 Å². The summed E-state index contributed by atoms with van der Waals surface area (Å²) < 4.78 is 0. The second-order valence-corrected chi connectivity index (χ2v) is 9.28. The van der Waals surface area contributed by atoms with E-state index in [1.54, 1.807) is 30.3 Å². The van der Waals surface area contributed by atoms with Gasteiger partial charge in [0.1, 0.15) is 0 Å². The second kappa shape index (κ2) is 10.5. The van der Waals surface area contributed by atoms with Crippen LogP contribution in [0.15, 0.2) is 42.5 Å². The van der Waals surface area contributed by atoms with Gasteiger partial charge >= 0.3 is 0 Å². The number of carbonyl (C=O) groups excluding carboxylic acids is 2. The monoisotopic (exact) mass is 454 g/mol. The van der Waals surface area contributed by atoms with Gasteiger partial charge in [-0.15, -0.1) is 0 Å². The van der Waals surface area contributed by atoms with E-state index < -0.39 is 0 Å². The SMILES string of the molecule is NC1CCCCC1NC(=O)c1ccc(CN2CCCC2)c(NC(=O)c2cccc(Cl)c2)c1. The first-order chi connectivity index (χ1) is 15.5. The molecule has 1 saturated heterocycles. The van der Waals surface area contributed by atoms with E-state index in [9.17, 15) is 9.59 Å². The van der Waals surface area contributed by atoms with Gasteiger partial charge in [-0.05, 0) is 74.7 Å². The zero-order valence-corrected chi connectivity index (χ0v) is 19.0. The normalized spacial score (nSPS) is 21.3. The molecule has 2 aromatic rings. The average molecular weight is 455 g/mol. The van der Waals surface area contributed by atoms with Gasteiger partial charge in [0.25, 0.3) is 11.8 Å². The van der Waals surface area contributed by atoms with Crippen molar-refractivity contribution < 1.29 is 9.59 Å². The quantitative estimate of drug-likeness (QED) is 0.610. The summed E-state index contributed by atoms with van der Waals surface area (Å²) >= 11 is 6.06. The van der Waals surface area contributed by atoms with Crippen LogP contribution in [0.25, 0.3) is 0 Å². The molecule has 0 aromatic heterocycles. The summed E-state index contributed by atoms with van der Waals surface area (Å²) in [6.45, 7) is 2.83. The molecule has 0 spiro atoms. The van der Waals surface area contributed by atoms with Crippen LogP contribution in [0, 0.1) is 0 Å². The number of halogens is 1. The molecule has 1 aliphatic carbocycles. The molecule has 32 heavy (non-hydrogen) atoms. The number of benzene rings is 2. The van der Waals surface area contributed by atoms with Crippen molar-refractivity contribution in [1.82, 2.24) is 10.2 Å². The summed E-state index contributed by atoms with van der Waals surface area (Å²) in [7, 11) is 0. The maximum absolute atomic E-state index is 13.0. The van der Waals surface area contributed by atoms with Crippen LogP contribution in [0.1, 0.15) is 64.8 Å². The molecular weight excluding hydrogens is 424 g/mol. The molecule has 2 aromatic carbocycles. The molecule has 1 saturated carbocycles. The summed E-state index contributed by atoms with van der Waals surface area (Å²) in [6.07, 6.45) is 6.39. The Kier molecular flexibility index (Phi) is 7.45. The van der Waals surface area contributed by atoms with E-state index in [0.717, 1.165) is 50.9 Å². The van der Waals surface area contributed by atoms with Crippen LogP contribution in [0.4, 0.5) is 5.69 Å². The Balaban J connectivity index is 1.55. The van der Waals surface area contributed by atoms with Gasteiger partial charge in [-0.1, -0.05) is 36.6 Å². The van der Waals surface area contributed by atoms with Crippen LogP contribution in [-0.4, -0.2) is 41.9 Å². The highest BCUT2D eigenvalue weighted by molar-refractivity contribution is 6.31. The van der Waals surface area contributed by atoms with Gasteiger partial charge < -0.3 is 16.4 Å². The number of carbonyl (C=O) groups is 2. The van der Waals surface area contributed by atoms with Crippen molar-refractivity contribution in [2.24, 2.45) is 5.73 Å². The van der Waals surface area contributed by atoms with Crippen molar-refractivity contribution in [3.63, 3.8) is 0 Å². The van der Waals surface area contributed by atoms with E-state index >= 15 is 0 Å². The van der Waals surface area contributed by atoms with Crippen molar-refractivity contribution in [1.29, 1.82) is 0 Å². The molecule has 0 bridgehead atoms. The molecule has 2 unspecified atom stereocenters. The summed E-state index contributed by atoms with van der Waals surface area (Å²) in [5, 5.41) is 6.61. The lowest BCUT2D eigenvalue weighted by molar-refractivity contribution is 0.0920. The van der Waals surface area contributed by atoms with Crippen molar-refractivity contribution in [2.45, 2.75) is 57.2 Å². The third-order valence-corrected chi connectivity index (χ3v) is 6.67. The molecule has 4 N–H and O–H groups in total. The number of hydrogen-bond donors (Lipinski definition) is 3. The van der Waals surface area contributed by atoms with Crippen LogP contribution in [0.2, 0.25) is 5.02 Å². The Morgan fingerprint density at radius 1 is 0.969 bits per heavy atom. The van der Waals surface area contributed by atoms with Crippen LogP contribution in [0.3, 0.4) is 0 Å². The van der Waals surface area contributed by atoms with Crippen LogP contribution in [-0.2, 0) is 6.54 Å². The minimum atomic E-state index is -0.248. The number of likely N-dealkylation sites (tertiary alicyclic amines) is 1. The molecule has 2 fully saturated rings. The lowest BCUT2D eigenvalue weighted by atomic mass is 9.91. The van der Waals surface area contributed by atoms with Gasteiger partial charge in [0.2, 0.25) is 0 Å². The molecule has 7 heteroatoms. The van der Waals surface area contributed by atoms with Gasteiger partial charge in [0.15, 0.2) is 0 Å². The first-order valence-corrected chi connectivity index (χ1v) is 11.9. The molecule has 6 nitrogen and oxygen atoms in total. The predicted octanol–water partition coefficient (Wildman–Crippen LogP) is 4.19. The summed E-state index contributed by atoms with van der Waals surface area (Å²) in [6, 6.07) is 12.4. The van der Waals surface area contributed by atoms with E-state index in [0.29, 0.717) is 21.8 Å². The standard InChI is InChI=1S/C25H31ClN4O2/c26-20-7-5-6-17(14-20)24(31)29-23-15-18(10-11-19(23)16-30-12-3-4-13-30)25(32)28-22-9-2-1-8-21(22)27/h5-7,10-11,14-15,21-22H,1-4,8-9,12-13,16,27H2,(H,28,32)(H,29,31). The maximum atomic E-state index is 13.0. The maximum Gasteiger partial charge on any atom is 0.255 e. The smallest absolute Gasteiger partial charge is 0.255 e. The fraction of sp³-hybridized carbons (Fsp3) is 0.440. The van der Waals surface area contributed by atoms with Gasteiger partial charge in [0.05, 0.1) is 0 Å². The van der Waals surface area contributed by atoms with Crippen molar-refractivity contribution >= 4 is 29.1 Å². The minimum Gasteiger partial charge on any atom is -0.348 e. The van der Waals surface area contributed by atoms with Gasteiger partial charge in [-0.2, -0.15) is 0 Å². The average Bonchev–Trinajstić information content (AvgIpc) is 3.29. The first-order valence-electron chi connectivity index (χ1n) is 11.5. The molecule has 0 radical (unpaired) electrons. The number of nitrogens with one attached hydrogen (secondary N) is 2. The lowest BCUT2D eigenvalue weighted by Crippen LogP contribution is -2.49. The van der Waals surface area contributed by atoms with Crippen LogP contribution in [0.5, 0.6) is 0 Å². The molecule has 1 aliphatic heterocycles. The number of nitrogens with two attached hydrogens (primary N) is 1. The fourth-order valence-corrected chi connectivity index (χ4v) is 4.76. The molecule has 1 heterocycles. The Morgan fingerprint density at radius 3 is 2.47 bits per heavy atom. The lowest BCUT2D eigenvalue weighted by Gasteiger charge is -2.29. The van der Waals surface area contributed by atoms with E-state index in [1.165, 1.54) is 12.8 Å².